The number of esters is 1. The maximum atomic E-state index is 11.9. The summed E-state index contributed by atoms with van der Waals surface area (Å²) in [5.74, 6) is 1.67. The van der Waals surface area contributed by atoms with Crippen molar-refractivity contribution in [1.29, 1.82) is 0 Å². The number of carbonyl (C=O) groups is 1. The number of nitrogens with zero attached hydrogens (tertiary/aromatic N) is 1. The van der Waals surface area contributed by atoms with E-state index in [9.17, 15) is 4.79 Å². The van der Waals surface area contributed by atoms with Gasteiger partial charge in [-0.2, -0.15) is 0 Å². The zero-order valence-corrected chi connectivity index (χ0v) is 13.2. The van der Waals surface area contributed by atoms with E-state index < -0.39 is 5.54 Å². The summed E-state index contributed by atoms with van der Waals surface area (Å²) in [5, 5.41) is 0. The molecule has 2 aliphatic rings. The normalized spacial score (nSPS) is 34.9. The maximum Gasteiger partial charge on any atom is 0.326 e. The first-order chi connectivity index (χ1) is 9.47. The molecule has 2 rings (SSSR count). The van der Waals surface area contributed by atoms with Gasteiger partial charge < -0.3 is 15.4 Å². The molecule has 0 aromatic heterocycles. The SMILES string of the molecule is COC(=O)C1(N)CCCC1CCN1CCC(C(C)C)C1. The van der Waals surface area contributed by atoms with Crippen molar-refractivity contribution >= 4 is 5.97 Å². The number of hydrogen-bond acceptors (Lipinski definition) is 4. The Balaban J connectivity index is 1.83. The highest BCUT2D eigenvalue weighted by molar-refractivity contribution is 5.81. The van der Waals surface area contributed by atoms with Crippen LogP contribution in [0.15, 0.2) is 0 Å². The number of hydrogen-bond donors (Lipinski definition) is 1. The van der Waals surface area contributed by atoms with Gasteiger partial charge >= 0.3 is 5.97 Å². The lowest BCUT2D eigenvalue weighted by atomic mass is 9.85. The highest BCUT2D eigenvalue weighted by Crippen LogP contribution is 2.37. The molecule has 3 unspecified atom stereocenters. The largest absolute Gasteiger partial charge is 0.468 e. The predicted molar refractivity (Wildman–Crippen MR) is 80.3 cm³/mol. The van der Waals surface area contributed by atoms with E-state index in [1.54, 1.807) is 0 Å². The van der Waals surface area contributed by atoms with Gasteiger partial charge in [-0.1, -0.05) is 20.3 Å². The summed E-state index contributed by atoms with van der Waals surface area (Å²) in [6.07, 6.45) is 5.22. The fourth-order valence-electron chi connectivity index (χ4n) is 3.91. The third kappa shape index (κ3) is 3.17. The number of nitrogens with two attached hydrogens (primary N) is 1. The van der Waals surface area contributed by atoms with Gasteiger partial charge in [0.15, 0.2) is 0 Å². The molecule has 0 aromatic rings. The number of ether oxygens (including phenoxy) is 1. The van der Waals surface area contributed by atoms with Crippen LogP contribution >= 0.6 is 0 Å². The lowest BCUT2D eigenvalue weighted by molar-refractivity contribution is -0.148. The van der Waals surface area contributed by atoms with Crippen molar-refractivity contribution in [2.24, 2.45) is 23.5 Å². The van der Waals surface area contributed by atoms with E-state index in [4.69, 9.17) is 10.5 Å². The first-order valence-corrected chi connectivity index (χ1v) is 8.07. The summed E-state index contributed by atoms with van der Waals surface area (Å²) in [5.41, 5.74) is 5.59. The van der Waals surface area contributed by atoms with Gasteiger partial charge in [0, 0.05) is 6.54 Å². The summed E-state index contributed by atoms with van der Waals surface area (Å²) in [6.45, 7) is 8.11. The van der Waals surface area contributed by atoms with Crippen LogP contribution in [0.25, 0.3) is 0 Å². The Morgan fingerprint density at radius 3 is 2.80 bits per heavy atom. The number of carbonyl (C=O) groups excluding carboxylic acids is 1. The molecule has 116 valence electrons. The zero-order valence-electron chi connectivity index (χ0n) is 13.2. The lowest BCUT2D eigenvalue weighted by Gasteiger charge is -2.30. The molecule has 20 heavy (non-hydrogen) atoms. The quantitative estimate of drug-likeness (QED) is 0.784. The van der Waals surface area contributed by atoms with Crippen LogP contribution in [0, 0.1) is 17.8 Å². The van der Waals surface area contributed by atoms with Crippen molar-refractivity contribution in [3.63, 3.8) is 0 Å². The van der Waals surface area contributed by atoms with Gasteiger partial charge in [0.1, 0.15) is 5.54 Å². The minimum Gasteiger partial charge on any atom is -0.468 e. The van der Waals surface area contributed by atoms with Crippen LogP contribution in [-0.4, -0.2) is 43.2 Å². The fourth-order valence-corrected chi connectivity index (χ4v) is 3.91. The van der Waals surface area contributed by atoms with Crippen molar-refractivity contribution in [1.82, 2.24) is 4.90 Å². The molecule has 0 bridgehead atoms. The summed E-state index contributed by atoms with van der Waals surface area (Å²) in [4.78, 5) is 14.5. The second kappa shape index (κ2) is 6.44. The summed E-state index contributed by atoms with van der Waals surface area (Å²) < 4.78 is 4.91. The zero-order chi connectivity index (χ0) is 14.8. The molecular weight excluding hydrogens is 252 g/mol. The number of likely N-dealkylation sites (tertiary alicyclic amines) is 1. The molecule has 1 heterocycles. The van der Waals surface area contributed by atoms with E-state index in [0.717, 1.165) is 44.1 Å². The minimum absolute atomic E-state index is 0.221. The summed E-state index contributed by atoms with van der Waals surface area (Å²) in [6, 6.07) is 0. The van der Waals surface area contributed by atoms with Crippen LogP contribution in [0.2, 0.25) is 0 Å². The molecule has 1 saturated heterocycles. The third-order valence-corrected chi connectivity index (χ3v) is 5.48. The van der Waals surface area contributed by atoms with E-state index in [1.807, 2.05) is 0 Å². The molecule has 1 aliphatic heterocycles. The molecule has 1 saturated carbocycles. The molecule has 0 spiro atoms. The first-order valence-electron chi connectivity index (χ1n) is 8.07. The standard InChI is InChI=1S/C16H30N2O2/c1-12(2)13-6-9-18(11-13)10-7-14-5-4-8-16(14,17)15(19)20-3/h12-14H,4-11,17H2,1-3H3. The number of rotatable bonds is 5. The van der Waals surface area contributed by atoms with Gasteiger partial charge in [-0.05, 0) is 56.5 Å². The van der Waals surface area contributed by atoms with Gasteiger partial charge in [-0.25, -0.2) is 0 Å². The summed E-state index contributed by atoms with van der Waals surface area (Å²) in [7, 11) is 1.44. The molecule has 0 radical (unpaired) electrons. The van der Waals surface area contributed by atoms with Crippen LogP contribution in [0.5, 0.6) is 0 Å². The van der Waals surface area contributed by atoms with Crippen LogP contribution in [0.4, 0.5) is 0 Å². The van der Waals surface area contributed by atoms with Crippen LogP contribution in [0.1, 0.15) is 46.0 Å². The molecular formula is C16H30N2O2. The van der Waals surface area contributed by atoms with Crippen LogP contribution < -0.4 is 5.73 Å². The Hall–Kier alpha value is -0.610. The van der Waals surface area contributed by atoms with Crippen molar-refractivity contribution in [2.75, 3.05) is 26.7 Å². The highest BCUT2D eigenvalue weighted by atomic mass is 16.5. The monoisotopic (exact) mass is 282 g/mol. The molecule has 3 atom stereocenters. The Morgan fingerprint density at radius 2 is 2.20 bits per heavy atom. The highest BCUT2D eigenvalue weighted by Gasteiger charge is 2.46. The molecule has 2 fully saturated rings. The molecule has 0 amide bonds. The molecule has 1 aliphatic carbocycles. The van der Waals surface area contributed by atoms with E-state index >= 15 is 0 Å². The smallest absolute Gasteiger partial charge is 0.326 e. The molecule has 2 N–H and O–H groups in total. The maximum absolute atomic E-state index is 11.9. The van der Waals surface area contributed by atoms with E-state index in [-0.39, 0.29) is 11.9 Å². The second-order valence-electron chi connectivity index (χ2n) is 7.00. The topological polar surface area (TPSA) is 55.6 Å². The van der Waals surface area contributed by atoms with Crippen molar-refractivity contribution in [3.8, 4) is 0 Å². The average Bonchev–Trinajstić information content (AvgIpc) is 3.03. The van der Waals surface area contributed by atoms with E-state index in [2.05, 4.69) is 18.7 Å². The van der Waals surface area contributed by atoms with Gasteiger partial charge in [0.25, 0.3) is 0 Å². The Labute approximate surface area is 123 Å². The number of methoxy groups -OCH3 is 1. The molecule has 4 heteroatoms. The van der Waals surface area contributed by atoms with Gasteiger partial charge in [-0.15, -0.1) is 0 Å². The van der Waals surface area contributed by atoms with Crippen molar-refractivity contribution in [3.05, 3.63) is 0 Å². The van der Waals surface area contributed by atoms with Crippen molar-refractivity contribution in [2.45, 2.75) is 51.5 Å². The van der Waals surface area contributed by atoms with E-state index in [1.165, 1.54) is 26.6 Å². The Kier molecular flexibility index (Phi) is 5.08. The average molecular weight is 282 g/mol. The van der Waals surface area contributed by atoms with E-state index in [0.29, 0.717) is 0 Å². The van der Waals surface area contributed by atoms with Crippen LogP contribution in [0.3, 0.4) is 0 Å². The van der Waals surface area contributed by atoms with Crippen molar-refractivity contribution < 1.29 is 9.53 Å². The molecule has 4 nitrogen and oxygen atoms in total. The van der Waals surface area contributed by atoms with Gasteiger partial charge in [0.05, 0.1) is 7.11 Å². The first kappa shape index (κ1) is 15.8. The van der Waals surface area contributed by atoms with Crippen LogP contribution in [-0.2, 0) is 9.53 Å². The lowest BCUT2D eigenvalue weighted by Crippen LogP contribution is -2.52. The second-order valence-corrected chi connectivity index (χ2v) is 7.00. The fraction of sp³-hybridized carbons (Fsp3) is 0.938. The molecule has 0 aromatic carbocycles. The van der Waals surface area contributed by atoms with Gasteiger partial charge in [-0.3, -0.25) is 4.79 Å². The predicted octanol–water partition coefficient (Wildman–Crippen LogP) is 2.02. The third-order valence-electron chi connectivity index (χ3n) is 5.48. The Bertz CT molecular complexity index is 345. The van der Waals surface area contributed by atoms with Gasteiger partial charge in [0.2, 0.25) is 0 Å². The minimum atomic E-state index is -0.730. The Morgan fingerprint density at radius 1 is 1.45 bits per heavy atom. The summed E-state index contributed by atoms with van der Waals surface area (Å²) >= 11 is 0.